The highest BCUT2D eigenvalue weighted by atomic mass is 32.2. The minimum Gasteiger partial charge on any atom is -0.453 e. The highest BCUT2D eigenvalue weighted by molar-refractivity contribution is 7.89. The summed E-state index contributed by atoms with van der Waals surface area (Å²) in [6.07, 6.45) is -0.567. The third-order valence-corrected chi connectivity index (χ3v) is 5.80. The lowest BCUT2D eigenvalue weighted by atomic mass is 10.1. The Morgan fingerprint density at radius 2 is 1.67 bits per heavy atom. The van der Waals surface area contributed by atoms with Gasteiger partial charge in [0.05, 0.1) is 12.0 Å². The molecule has 0 radical (unpaired) electrons. The monoisotopic (exact) mass is 433 g/mol. The standard InChI is InChI=1S/C21H27N3O5S/c1-14-6-11-17(30(27,28)24-21(2,3)4)12-18(14)19(25)22-13-15-7-9-16(10-8-15)23-20(26)29-5/h6-12,24H,13H2,1-5H3,(H,22,25)(H,23,26). The molecule has 162 valence electrons. The Bertz CT molecular complexity index is 1030. The fourth-order valence-corrected chi connectivity index (χ4v) is 4.07. The van der Waals surface area contributed by atoms with E-state index in [0.29, 0.717) is 11.3 Å². The summed E-state index contributed by atoms with van der Waals surface area (Å²) in [6, 6.07) is 11.4. The van der Waals surface area contributed by atoms with Crippen LogP contribution in [0.25, 0.3) is 0 Å². The van der Waals surface area contributed by atoms with Crippen LogP contribution in [-0.4, -0.2) is 33.1 Å². The molecule has 2 aromatic carbocycles. The van der Waals surface area contributed by atoms with E-state index in [-0.39, 0.29) is 22.9 Å². The predicted octanol–water partition coefficient (Wildman–Crippen LogP) is 3.18. The number of carbonyl (C=O) groups is 2. The van der Waals surface area contributed by atoms with Crippen LogP contribution in [0.5, 0.6) is 0 Å². The molecule has 0 unspecified atom stereocenters. The second-order valence-electron chi connectivity index (χ2n) is 7.83. The summed E-state index contributed by atoms with van der Waals surface area (Å²) >= 11 is 0. The molecule has 9 heteroatoms. The van der Waals surface area contributed by atoms with Gasteiger partial charge in [-0.15, -0.1) is 0 Å². The first-order valence-electron chi connectivity index (χ1n) is 9.28. The van der Waals surface area contributed by atoms with Crippen molar-refractivity contribution >= 4 is 27.7 Å². The zero-order chi connectivity index (χ0) is 22.5. The number of nitrogens with one attached hydrogen (secondary N) is 3. The number of rotatable bonds is 6. The average Bonchev–Trinajstić information content (AvgIpc) is 2.65. The van der Waals surface area contributed by atoms with E-state index >= 15 is 0 Å². The molecule has 8 nitrogen and oxygen atoms in total. The molecular formula is C21H27N3O5S. The van der Waals surface area contributed by atoms with Gasteiger partial charge < -0.3 is 10.1 Å². The zero-order valence-corrected chi connectivity index (χ0v) is 18.5. The van der Waals surface area contributed by atoms with Gasteiger partial charge >= 0.3 is 6.09 Å². The van der Waals surface area contributed by atoms with Gasteiger partial charge in [-0.25, -0.2) is 17.9 Å². The molecule has 0 aromatic heterocycles. The number of hydrogen-bond donors (Lipinski definition) is 3. The second-order valence-corrected chi connectivity index (χ2v) is 9.51. The van der Waals surface area contributed by atoms with Crippen LogP contribution in [0.4, 0.5) is 10.5 Å². The van der Waals surface area contributed by atoms with Gasteiger partial charge in [0.2, 0.25) is 10.0 Å². The number of methoxy groups -OCH3 is 1. The zero-order valence-electron chi connectivity index (χ0n) is 17.7. The van der Waals surface area contributed by atoms with Crippen LogP contribution < -0.4 is 15.4 Å². The van der Waals surface area contributed by atoms with E-state index < -0.39 is 21.7 Å². The number of ether oxygens (including phenoxy) is 1. The highest BCUT2D eigenvalue weighted by Gasteiger charge is 2.23. The highest BCUT2D eigenvalue weighted by Crippen LogP contribution is 2.18. The van der Waals surface area contributed by atoms with E-state index in [1.807, 2.05) is 0 Å². The van der Waals surface area contributed by atoms with Crippen molar-refractivity contribution in [1.82, 2.24) is 10.0 Å². The van der Waals surface area contributed by atoms with Gasteiger partial charge in [0.1, 0.15) is 0 Å². The second kappa shape index (κ2) is 9.27. The average molecular weight is 434 g/mol. The Morgan fingerprint density at radius 3 is 2.23 bits per heavy atom. The van der Waals surface area contributed by atoms with Crippen molar-refractivity contribution in [3.8, 4) is 0 Å². The van der Waals surface area contributed by atoms with Gasteiger partial charge in [0.15, 0.2) is 0 Å². The lowest BCUT2D eigenvalue weighted by Crippen LogP contribution is -2.40. The van der Waals surface area contributed by atoms with E-state index in [0.717, 1.165) is 5.56 Å². The molecule has 0 aliphatic carbocycles. The van der Waals surface area contributed by atoms with Gasteiger partial charge in [-0.2, -0.15) is 0 Å². The molecular weight excluding hydrogens is 406 g/mol. The third-order valence-electron chi connectivity index (χ3n) is 4.04. The molecule has 2 aromatic rings. The van der Waals surface area contributed by atoms with Crippen molar-refractivity contribution < 1.29 is 22.7 Å². The van der Waals surface area contributed by atoms with Crippen LogP contribution in [0.2, 0.25) is 0 Å². The number of carbonyl (C=O) groups excluding carboxylic acids is 2. The lowest BCUT2D eigenvalue weighted by Gasteiger charge is -2.20. The van der Waals surface area contributed by atoms with Crippen LogP contribution in [0.15, 0.2) is 47.4 Å². The molecule has 0 saturated carbocycles. The van der Waals surface area contributed by atoms with Gasteiger partial charge in [-0.05, 0) is 63.1 Å². The molecule has 0 spiro atoms. The first-order chi connectivity index (χ1) is 13.9. The normalized spacial score (nSPS) is 11.6. The predicted molar refractivity (Wildman–Crippen MR) is 115 cm³/mol. The van der Waals surface area contributed by atoms with E-state index in [9.17, 15) is 18.0 Å². The molecule has 0 heterocycles. The van der Waals surface area contributed by atoms with E-state index in [4.69, 9.17) is 0 Å². The summed E-state index contributed by atoms with van der Waals surface area (Å²) in [6.45, 7) is 7.23. The molecule has 0 atom stereocenters. The van der Waals surface area contributed by atoms with Gasteiger partial charge in [0, 0.05) is 23.3 Å². The molecule has 3 N–H and O–H groups in total. The number of benzene rings is 2. The van der Waals surface area contributed by atoms with E-state index in [2.05, 4.69) is 20.1 Å². The van der Waals surface area contributed by atoms with Crippen molar-refractivity contribution in [2.45, 2.75) is 44.7 Å². The number of amides is 2. The van der Waals surface area contributed by atoms with Crippen LogP contribution >= 0.6 is 0 Å². The van der Waals surface area contributed by atoms with Crippen LogP contribution in [0, 0.1) is 6.92 Å². The fraction of sp³-hybridized carbons (Fsp3) is 0.333. The molecule has 0 fully saturated rings. The third kappa shape index (κ3) is 6.57. The van der Waals surface area contributed by atoms with Crippen molar-refractivity contribution in [3.05, 3.63) is 59.2 Å². The topological polar surface area (TPSA) is 114 Å². The molecule has 0 saturated heterocycles. The maximum absolute atomic E-state index is 12.7. The number of aryl methyl sites for hydroxylation is 1. The smallest absolute Gasteiger partial charge is 0.411 e. The van der Waals surface area contributed by atoms with E-state index in [1.54, 1.807) is 58.0 Å². The van der Waals surface area contributed by atoms with Crippen molar-refractivity contribution in [3.63, 3.8) is 0 Å². The minimum absolute atomic E-state index is 0.0337. The number of anilines is 1. The minimum atomic E-state index is -3.75. The van der Waals surface area contributed by atoms with Crippen LogP contribution in [-0.2, 0) is 21.3 Å². The van der Waals surface area contributed by atoms with Crippen LogP contribution in [0.3, 0.4) is 0 Å². The summed E-state index contributed by atoms with van der Waals surface area (Å²) in [7, 11) is -2.47. The number of hydrogen-bond acceptors (Lipinski definition) is 5. The Hall–Kier alpha value is -2.91. The maximum atomic E-state index is 12.7. The van der Waals surface area contributed by atoms with E-state index in [1.165, 1.54) is 19.2 Å². The summed E-state index contributed by atoms with van der Waals surface area (Å²) in [5, 5.41) is 5.33. The quantitative estimate of drug-likeness (QED) is 0.647. The SMILES string of the molecule is COC(=O)Nc1ccc(CNC(=O)c2cc(S(=O)(=O)NC(C)(C)C)ccc2C)cc1. The molecule has 0 aliphatic rings. The summed E-state index contributed by atoms with van der Waals surface area (Å²) in [5.41, 5.74) is 1.70. The molecule has 30 heavy (non-hydrogen) atoms. The molecule has 0 aliphatic heterocycles. The lowest BCUT2D eigenvalue weighted by molar-refractivity contribution is 0.0950. The summed E-state index contributed by atoms with van der Waals surface area (Å²) in [5.74, 6) is -0.378. The largest absolute Gasteiger partial charge is 0.453 e. The Balaban J connectivity index is 2.11. The Morgan fingerprint density at radius 1 is 1.03 bits per heavy atom. The molecule has 0 bridgehead atoms. The summed E-state index contributed by atoms with van der Waals surface area (Å²) in [4.78, 5) is 23.9. The van der Waals surface area contributed by atoms with Crippen LogP contribution in [0.1, 0.15) is 42.3 Å². The fourth-order valence-electron chi connectivity index (χ4n) is 2.63. The van der Waals surface area contributed by atoms with Crippen molar-refractivity contribution in [1.29, 1.82) is 0 Å². The van der Waals surface area contributed by atoms with Gasteiger partial charge in [0.25, 0.3) is 5.91 Å². The first kappa shape index (κ1) is 23.4. The number of sulfonamides is 1. The van der Waals surface area contributed by atoms with Gasteiger partial charge in [-0.1, -0.05) is 18.2 Å². The Kier molecular flexibility index (Phi) is 7.22. The Labute approximate surface area is 177 Å². The van der Waals surface area contributed by atoms with Crippen molar-refractivity contribution in [2.24, 2.45) is 0 Å². The first-order valence-corrected chi connectivity index (χ1v) is 10.8. The molecule has 2 rings (SSSR count). The molecule has 2 amide bonds. The van der Waals surface area contributed by atoms with Gasteiger partial charge in [-0.3, -0.25) is 10.1 Å². The summed E-state index contributed by atoms with van der Waals surface area (Å²) < 4.78 is 32.2. The maximum Gasteiger partial charge on any atom is 0.411 e. The van der Waals surface area contributed by atoms with Crippen molar-refractivity contribution in [2.75, 3.05) is 12.4 Å².